The molecule has 122 valence electrons. The third kappa shape index (κ3) is 8.02. The number of nitrogens with one attached hydrogen (secondary N) is 2. The molecular weight excluding hydrogens is 272 g/mol. The molecule has 0 radical (unpaired) electrons. The molecule has 0 aliphatic carbocycles. The summed E-state index contributed by atoms with van der Waals surface area (Å²) in [5.41, 5.74) is -0.422. The van der Waals surface area contributed by atoms with Crippen molar-refractivity contribution in [1.29, 1.82) is 0 Å². The Morgan fingerprint density at radius 3 is 2.67 bits per heavy atom. The molecule has 0 aromatic carbocycles. The summed E-state index contributed by atoms with van der Waals surface area (Å²) in [5.74, 6) is -0.185. The molecule has 0 bridgehead atoms. The van der Waals surface area contributed by atoms with Gasteiger partial charge in [0.15, 0.2) is 0 Å². The molecule has 0 aromatic heterocycles. The molecule has 1 fully saturated rings. The number of ether oxygens (including phenoxy) is 2. The molecule has 0 aromatic rings. The summed E-state index contributed by atoms with van der Waals surface area (Å²) < 4.78 is 10.9. The van der Waals surface area contributed by atoms with Crippen molar-refractivity contribution in [2.75, 3.05) is 26.9 Å². The molecule has 1 unspecified atom stereocenters. The first-order valence-corrected chi connectivity index (χ1v) is 7.64. The van der Waals surface area contributed by atoms with Crippen molar-refractivity contribution < 1.29 is 19.1 Å². The maximum atomic E-state index is 11.8. The Hall–Kier alpha value is -1.14. The molecule has 0 spiro atoms. The average Bonchev–Trinajstić information content (AvgIpc) is 2.45. The predicted octanol–water partition coefficient (Wildman–Crippen LogP) is 0.993. The summed E-state index contributed by atoms with van der Waals surface area (Å²) in [7, 11) is 1.61. The van der Waals surface area contributed by atoms with Crippen LogP contribution in [-0.4, -0.2) is 50.3 Å². The summed E-state index contributed by atoms with van der Waals surface area (Å²) in [5, 5.41) is 5.46. The highest BCUT2D eigenvalue weighted by atomic mass is 16.5. The summed E-state index contributed by atoms with van der Waals surface area (Å²) in [6, 6.07) is 0. The van der Waals surface area contributed by atoms with E-state index in [2.05, 4.69) is 10.6 Å². The third-order valence-corrected chi connectivity index (χ3v) is 3.54. The second-order valence-corrected chi connectivity index (χ2v) is 6.11. The van der Waals surface area contributed by atoms with Crippen LogP contribution in [0.5, 0.6) is 0 Å². The van der Waals surface area contributed by atoms with Gasteiger partial charge in [0.05, 0.1) is 12.7 Å². The predicted molar refractivity (Wildman–Crippen MR) is 79.9 cm³/mol. The first kappa shape index (κ1) is 17.9. The van der Waals surface area contributed by atoms with Crippen LogP contribution in [-0.2, 0) is 19.1 Å². The monoisotopic (exact) mass is 300 g/mol. The third-order valence-electron chi connectivity index (χ3n) is 3.54. The maximum Gasteiger partial charge on any atom is 0.246 e. The minimum absolute atomic E-state index is 0.0250. The fourth-order valence-corrected chi connectivity index (χ4v) is 2.25. The molecule has 2 amide bonds. The van der Waals surface area contributed by atoms with E-state index in [1.165, 1.54) is 0 Å². The lowest BCUT2D eigenvalue weighted by molar-refractivity contribution is -0.130. The van der Waals surface area contributed by atoms with Gasteiger partial charge in [-0.2, -0.15) is 0 Å². The number of rotatable bonds is 8. The summed E-state index contributed by atoms with van der Waals surface area (Å²) >= 11 is 0. The van der Waals surface area contributed by atoms with Gasteiger partial charge in [0, 0.05) is 25.6 Å². The summed E-state index contributed by atoms with van der Waals surface area (Å²) in [6.07, 6.45) is 4.36. The van der Waals surface area contributed by atoms with E-state index >= 15 is 0 Å². The van der Waals surface area contributed by atoms with Crippen LogP contribution in [0.1, 0.15) is 46.0 Å². The second kappa shape index (κ2) is 9.00. The molecule has 2 N–H and O–H groups in total. The summed E-state index contributed by atoms with van der Waals surface area (Å²) in [4.78, 5) is 23.1. The van der Waals surface area contributed by atoms with E-state index in [1.54, 1.807) is 7.05 Å². The van der Waals surface area contributed by atoms with Crippen LogP contribution in [0.15, 0.2) is 0 Å². The fraction of sp³-hybridized carbons (Fsp3) is 0.867. The Kier molecular flexibility index (Phi) is 7.67. The van der Waals surface area contributed by atoms with Crippen molar-refractivity contribution in [3.8, 4) is 0 Å². The molecule has 1 aliphatic heterocycles. The maximum absolute atomic E-state index is 11.8. The van der Waals surface area contributed by atoms with Crippen LogP contribution in [0.4, 0.5) is 0 Å². The van der Waals surface area contributed by atoms with Gasteiger partial charge in [-0.05, 0) is 39.5 Å². The highest BCUT2D eigenvalue weighted by molar-refractivity contribution is 5.78. The van der Waals surface area contributed by atoms with Gasteiger partial charge in [-0.3, -0.25) is 9.59 Å². The number of carbonyl (C=O) groups excluding carboxylic acids is 2. The summed E-state index contributed by atoms with van der Waals surface area (Å²) in [6.45, 7) is 5.08. The first-order chi connectivity index (χ1) is 9.93. The molecule has 1 aliphatic rings. The second-order valence-electron chi connectivity index (χ2n) is 6.11. The van der Waals surface area contributed by atoms with E-state index < -0.39 is 5.54 Å². The lowest BCUT2D eigenvalue weighted by Gasteiger charge is -2.26. The van der Waals surface area contributed by atoms with Crippen LogP contribution >= 0.6 is 0 Å². The molecule has 21 heavy (non-hydrogen) atoms. The average molecular weight is 300 g/mol. The van der Waals surface area contributed by atoms with Gasteiger partial charge in [-0.1, -0.05) is 0 Å². The minimum atomic E-state index is -0.422. The standard InChI is InChI=1S/C15H28N2O4/c1-15(2,8-7-13(18)16-3)17-14(19)11-20-10-12-6-4-5-9-21-12/h12H,4-11H2,1-3H3,(H,16,18)(H,17,19). The molecule has 6 nitrogen and oxygen atoms in total. The molecule has 6 heteroatoms. The number of hydrogen-bond donors (Lipinski definition) is 2. The van der Waals surface area contributed by atoms with Gasteiger partial charge in [-0.25, -0.2) is 0 Å². The van der Waals surface area contributed by atoms with Crippen molar-refractivity contribution in [2.24, 2.45) is 0 Å². The zero-order chi connectivity index (χ0) is 15.7. The minimum Gasteiger partial charge on any atom is -0.376 e. The Morgan fingerprint density at radius 1 is 1.29 bits per heavy atom. The highest BCUT2D eigenvalue weighted by Gasteiger charge is 2.22. The lowest BCUT2D eigenvalue weighted by Crippen LogP contribution is -2.45. The van der Waals surface area contributed by atoms with E-state index in [-0.39, 0.29) is 24.5 Å². The zero-order valence-electron chi connectivity index (χ0n) is 13.4. The highest BCUT2D eigenvalue weighted by Crippen LogP contribution is 2.13. The molecule has 1 saturated heterocycles. The van der Waals surface area contributed by atoms with Crippen LogP contribution in [0.25, 0.3) is 0 Å². The lowest BCUT2D eigenvalue weighted by atomic mass is 9.98. The van der Waals surface area contributed by atoms with Gasteiger partial charge in [-0.15, -0.1) is 0 Å². The van der Waals surface area contributed by atoms with Crippen LogP contribution in [0.3, 0.4) is 0 Å². The number of amides is 2. The SMILES string of the molecule is CNC(=O)CCC(C)(C)NC(=O)COCC1CCCCO1. The Morgan fingerprint density at radius 2 is 2.05 bits per heavy atom. The van der Waals surface area contributed by atoms with Crippen LogP contribution in [0, 0.1) is 0 Å². The quantitative estimate of drug-likeness (QED) is 0.701. The Bertz CT molecular complexity index is 339. The van der Waals surface area contributed by atoms with Crippen molar-refractivity contribution in [1.82, 2.24) is 10.6 Å². The van der Waals surface area contributed by atoms with E-state index in [1.807, 2.05) is 13.8 Å². The smallest absolute Gasteiger partial charge is 0.246 e. The van der Waals surface area contributed by atoms with Crippen LogP contribution < -0.4 is 10.6 Å². The first-order valence-electron chi connectivity index (χ1n) is 7.64. The van der Waals surface area contributed by atoms with E-state index in [0.29, 0.717) is 19.4 Å². The van der Waals surface area contributed by atoms with Gasteiger partial charge in [0.25, 0.3) is 0 Å². The molecular formula is C15H28N2O4. The normalized spacial score (nSPS) is 19.1. The number of carbonyl (C=O) groups is 2. The molecule has 1 atom stereocenters. The van der Waals surface area contributed by atoms with E-state index in [9.17, 15) is 9.59 Å². The zero-order valence-corrected chi connectivity index (χ0v) is 13.4. The molecule has 1 heterocycles. The van der Waals surface area contributed by atoms with Crippen LogP contribution in [0.2, 0.25) is 0 Å². The molecule has 0 saturated carbocycles. The van der Waals surface area contributed by atoms with Gasteiger partial charge < -0.3 is 20.1 Å². The van der Waals surface area contributed by atoms with Gasteiger partial charge in [0.2, 0.25) is 11.8 Å². The van der Waals surface area contributed by atoms with Crippen molar-refractivity contribution in [2.45, 2.75) is 57.6 Å². The molecule has 1 rings (SSSR count). The Labute approximate surface area is 126 Å². The van der Waals surface area contributed by atoms with E-state index in [4.69, 9.17) is 9.47 Å². The van der Waals surface area contributed by atoms with E-state index in [0.717, 1.165) is 25.9 Å². The van der Waals surface area contributed by atoms with Gasteiger partial charge >= 0.3 is 0 Å². The topological polar surface area (TPSA) is 76.7 Å². The fourth-order valence-electron chi connectivity index (χ4n) is 2.25. The van der Waals surface area contributed by atoms with Crippen molar-refractivity contribution in [3.05, 3.63) is 0 Å². The van der Waals surface area contributed by atoms with Crippen molar-refractivity contribution in [3.63, 3.8) is 0 Å². The number of hydrogen-bond acceptors (Lipinski definition) is 4. The van der Waals surface area contributed by atoms with Gasteiger partial charge in [0.1, 0.15) is 6.61 Å². The Balaban J connectivity index is 2.17. The largest absolute Gasteiger partial charge is 0.376 e. The van der Waals surface area contributed by atoms with Crippen molar-refractivity contribution >= 4 is 11.8 Å².